The second-order valence-electron chi connectivity index (χ2n) is 18.3. The molecule has 0 aromatic rings. The summed E-state index contributed by atoms with van der Waals surface area (Å²) in [4.78, 5) is 0. The Labute approximate surface area is 282 Å². The Bertz CT molecular complexity index is 1110. The van der Waals surface area contributed by atoms with Gasteiger partial charge < -0.3 is 0 Å². The van der Waals surface area contributed by atoms with Crippen LogP contribution in [0.3, 0.4) is 0 Å². The molecule has 0 radical (unpaired) electrons. The predicted octanol–water partition coefficient (Wildman–Crippen LogP) is 12.8. The van der Waals surface area contributed by atoms with Crippen molar-refractivity contribution in [2.75, 3.05) is 0 Å². The topological polar surface area (TPSA) is 0 Å². The van der Waals surface area contributed by atoms with E-state index in [1.807, 2.05) is 0 Å². The van der Waals surface area contributed by atoms with Crippen molar-refractivity contribution in [3.05, 3.63) is 11.1 Å². The minimum absolute atomic E-state index is 0.165. The normalized spacial score (nSPS) is 14.1. The maximum absolute atomic E-state index is 4.01. The molecule has 4 heteroatoms. The van der Waals surface area contributed by atoms with E-state index in [1.54, 1.807) is 0 Å². The van der Waals surface area contributed by atoms with Gasteiger partial charge in [0.25, 0.3) is 0 Å². The van der Waals surface area contributed by atoms with Crippen molar-refractivity contribution in [3.8, 4) is 45.9 Å². The minimum Gasteiger partial charge on any atom is -0.125 e. The van der Waals surface area contributed by atoms with Gasteiger partial charge in [-0.2, -0.15) is 0 Å². The van der Waals surface area contributed by atoms with Gasteiger partial charge in [0.05, 0.1) is 11.1 Å². The van der Waals surface area contributed by atoms with Crippen LogP contribution in [0, 0.1) is 45.9 Å². The van der Waals surface area contributed by atoms with E-state index in [2.05, 4.69) is 197 Å². The first-order chi connectivity index (χ1) is 19.5. The fourth-order valence-corrected chi connectivity index (χ4v) is 18.4. The number of hydrogen-bond donors (Lipinski definition) is 0. The summed E-state index contributed by atoms with van der Waals surface area (Å²) in [5.41, 5.74) is 20.8. The van der Waals surface area contributed by atoms with Gasteiger partial charge in [0.1, 0.15) is 32.3 Å². The Hall–Kier alpha value is -1.15. The molecule has 0 aliphatic carbocycles. The molecule has 0 unspecified atom stereocenters. The molecule has 0 N–H and O–H groups in total. The molecular formula is C40H72Si4. The van der Waals surface area contributed by atoms with Crippen LogP contribution < -0.4 is 0 Å². The standard InChI is InChI=1S/C40H72Si4/c1-31(2)43(32(3)4,33(5)6)29-25-37(23-27-41(19,20)39(13,14)15)38(24-28-42(21,22)40(16,17)18)26-30-44(34(7)8,35(9)10)36(11)12/h31-36H,1-22H3/b38-37+. The zero-order chi connectivity index (χ0) is 35.3. The first kappa shape index (κ1) is 42.8. The Morgan fingerprint density at radius 1 is 0.364 bits per heavy atom. The zero-order valence-electron chi connectivity index (χ0n) is 33.5. The van der Waals surface area contributed by atoms with E-state index in [0.29, 0.717) is 33.2 Å². The lowest BCUT2D eigenvalue weighted by molar-refractivity contribution is 0.730. The number of rotatable bonds is 6. The molecule has 0 rings (SSSR count). The van der Waals surface area contributed by atoms with Crippen LogP contribution in [-0.2, 0) is 0 Å². The molecule has 0 spiro atoms. The van der Waals surface area contributed by atoms with Crippen molar-refractivity contribution < 1.29 is 0 Å². The summed E-state index contributed by atoms with van der Waals surface area (Å²) in [6.45, 7) is 52.2. The highest BCUT2D eigenvalue weighted by atomic mass is 28.3. The largest absolute Gasteiger partial charge is 0.146 e. The summed E-state index contributed by atoms with van der Waals surface area (Å²) in [6.07, 6.45) is 0. The molecule has 0 aliphatic rings. The third-order valence-electron chi connectivity index (χ3n) is 11.5. The maximum Gasteiger partial charge on any atom is 0.146 e. The van der Waals surface area contributed by atoms with Crippen molar-refractivity contribution in [2.24, 2.45) is 0 Å². The van der Waals surface area contributed by atoms with Crippen LogP contribution in [0.2, 0.25) is 69.5 Å². The molecule has 0 saturated carbocycles. The molecule has 0 fully saturated rings. The van der Waals surface area contributed by atoms with Crippen LogP contribution in [0.25, 0.3) is 0 Å². The molecule has 0 heterocycles. The highest BCUT2D eigenvalue weighted by Gasteiger charge is 2.43. The summed E-state index contributed by atoms with van der Waals surface area (Å²) < 4.78 is 0. The van der Waals surface area contributed by atoms with Crippen LogP contribution >= 0.6 is 0 Å². The second kappa shape index (κ2) is 15.6. The predicted molar refractivity (Wildman–Crippen MR) is 215 cm³/mol. The lowest BCUT2D eigenvalue weighted by atomic mass is 10.1. The van der Waals surface area contributed by atoms with E-state index in [1.165, 1.54) is 0 Å². The molecule has 0 saturated heterocycles. The van der Waals surface area contributed by atoms with E-state index in [0.717, 1.165) is 11.1 Å². The van der Waals surface area contributed by atoms with Gasteiger partial charge in [-0.15, -0.1) is 22.2 Å². The van der Waals surface area contributed by atoms with Crippen molar-refractivity contribution in [2.45, 2.75) is 194 Å². The average molecular weight is 665 g/mol. The first-order valence-corrected chi connectivity index (χ1v) is 27.9. The van der Waals surface area contributed by atoms with Gasteiger partial charge >= 0.3 is 0 Å². The van der Waals surface area contributed by atoms with Crippen LogP contribution in [0.4, 0.5) is 0 Å². The lowest BCUT2D eigenvalue weighted by Gasteiger charge is -2.38. The molecule has 0 aromatic carbocycles. The van der Waals surface area contributed by atoms with E-state index in [-0.39, 0.29) is 10.1 Å². The Morgan fingerprint density at radius 3 is 0.705 bits per heavy atom. The molecule has 0 atom stereocenters. The van der Waals surface area contributed by atoms with Gasteiger partial charge in [0, 0.05) is 0 Å². The third-order valence-corrected chi connectivity index (χ3v) is 33.1. The molecule has 248 valence electrons. The smallest absolute Gasteiger partial charge is 0.125 e. The summed E-state index contributed by atoms with van der Waals surface area (Å²) in [5, 5.41) is 0.330. The van der Waals surface area contributed by atoms with Gasteiger partial charge in [-0.1, -0.05) is 174 Å². The molecule has 0 bridgehead atoms. The summed E-state index contributed by atoms with van der Waals surface area (Å²) in [5.74, 6) is 15.0. The number of allylic oxidation sites excluding steroid dienone is 2. The monoisotopic (exact) mass is 664 g/mol. The maximum atomic E-state index is 4.01. The Kier molecular flexibility index (Phi) is 15.2. The van der Waals surface area contributed by atoms with Gasteiger partial charge in [-0.25, -0.2) is 0 Å². The number of hydrogen-bond acceptors (Lipinski definition) is 0. The quantitative estimate of drug-likeness (QED) is 0.196. The van der Waals surface area contributed by atoms with Gasteiger partial charge in [-0.3, -0.25) is 0 Å². The van der Waals surface area contributed by atoms with Gasteiger partial charge in [0.2, 0.25) is 0 Å². The lowest BCUT2D eigenvalue weighted by Crippen LogP contribution is -2.43. The SMILES string of the molecule is CC(C)[Si](C#C/C(C#C[Si](C)(C)C(C)(C)C)=C(/C#C[Si](C(C)C)(C(C)C)C(C)C)C#C[Si](C)(C)C(C)(C)C)(C(C)C)C(C)C. The average Bonchev–Trinajstić information content (AvgIpc) is 2.81. The molecule has 0 aliphatic heterocycles. The summed E-state index contributed by atoms with van der Waals surface area (Å²) >= 11 is 0. The van der Waals surface area contributed by atoms with Crippen molar-refractivity contribution in [3.63, 3.8) is 0 Å². The van der Waals surface area contributed by atoms with Crippen LogP contribution in [0.15, 0.2) is 11.1 Å². The van der Waals surface area contributed by atoms with E-state index < -0.39 is 32.3 Å². The first-order valence-electron chi connectivity index (χ1n) is 17.4. The van der Waals surface area contributed by atoms with Gasteiger partial charge in [-0.05, 0) is 43.3 Å². The highest BCUT2D eigenvalue weighted by molar-refractivity contribution is 6.91. The molecule has 0 amide bonds. The van der Waals surface area contributed by atoms with E-state index in [9.17, 15) is 0 Å². The van der Waals surface area contributed by atoms with E-state index >= 15 is 0 Å². The van der Waals surface area contributed by atoms with Crippen molar-refractivity contribution in [1.29, 1.82) is 0 Å². The van der Waals surface area contributed by atoms with Crippen molar-refractivity contribution >= 4 is 32.3 Å². The van der Waals surface area contributed by atoms with Gasteiger partial charge in [0.15, 0.2) is 0 Å². The van der Waals surface area contributed by atoms with Crippen molar-refractivity contribution in [1.82, 2.24) is 0 Å². The molecule has 44 heavy (non-hydrogen) atoms. The Balaban J connectivity index is 8.52. The zero-order valence-corrected chi connectivity index (χ0v) is 37.5. The Morgan fingerprint density at radius 2 is 0.545 bits per heavy atom. The summed E-state index contributed by atoms with van der Waals surface area (Å²) in [6, 6.07) is 0. The van der Waals surface area contributed by atoms with Crippen LogP contribution in [0.5, 0.6) is 0 Å². The van der Waals surface area contributed by atoms with Crippen LogP contribution in [-0.4, -0.2) is 32.3 Å². The molecule has 0 aromatic heterocycles. The third kappa shape index (κ3) is 9.92. The highest BCUT2D eigenvalue weighted by Crippen LogP contribution is 2.42. The molecular weight excluding hydrogens is 593 g/mol. The fraction of sp³-hybridized carbons (Fsp3) is 0.750. The second-order valence-corrected chi connectivity index (χ2v) is 39.5. The van der Waals surface area contributed by atoms with Crippen LogP contribution in [0.1, 0.15) is 125 Å². The summed E-state index contributed by atoms with van der Waals surface area (Å²) in [7, 11) is -7.74. The molecule has 0 nitrogen and oxygen atoms in total. The van der Waals surface area contributed by atoms with E-state index in [4.69, 9.17) is 0 Å². The minimum atomic E-state index is -1.98. The fourth-order valence-electron chi connectivity index (χ4n) is 6.33.